The number of rotatable bonds is 6. The fourth-order valence-corrected chi connectivity index (χ4v) is 3.64. The molecule has 1 aromatic rings. The summed E-state index contributed by atoms with van der Waals surface area (Å²) in [5.41, 5.74) is 1.26. The number of carbonyl (C=O) groups is 3. The third kappa shape index (κ3) is 4.38. The first-order valence-electron chi connectivity index (χ1n) is 9.07. The Kier molecular flexibility index (Phi) is 5.68. The Bertz CT molecular complexity index is 616. The van der Waals surface area contributed by atoms with Crippen LogP contribution in [0.1, 0.15) is 37.7 Å². The molecule has 1 N–H and O–H groups in total. The lowest BCUT2D eigenvalue weighted by Crippen LogP contribution is -2.45. The number of nitrogens with one attached hydrogen (secondary N) is 1. The molecule has 2 heterocycles. The van der Waals surface area contributed by atoms with Crippen molar-refractivity contribution in [3.8, 4) is 0 Å². The molecule has 0 spiro atoms. The van der Waals surface area contributed by atoms with Gasteiger partial charge in [0.1, 0.15) is 0 Å². The van der Waals surface area contributed by atoms with E-state index in [-0.39, 0.29) is 30.4 Å². The zero-order valence-electron chi connectivity index (χ0n) is 14.4. The fourth-order valence-electron chi connectivity index (χ4n) is 3.64. The fraction of sp³-hybridized carbons (Fsp3) is 0.526. The van der Waals surface area contributed by atoms with Gasteiger partial charge in [-0.3, -0.25) is 14.5 Å². The molecule has 3 rings (SSSR count). The maximum Gasteiger partial charge on any atom is 0.324 e. The van der Waals surface area contributed by atoms with Gasteiger partial charge in [-0.25, -0.2) is 4.79 Å². The van der Waals surface area contributed by atoms with E-state index >= 15 is 0 Å². The van der Waals surface area contributed by atoms with Crippen LogP contribution in [0.25, 0.3) is 0 Å². The molecule has 6 nitrogen and oxygen atoms in total. The minimum atomic E-state index is -0.350. The Hall–Kier alpha value is -2.37. The van der Waals surface area contributed by atoms with E-state index in [1.165, 1.54) is 10.5 Å². The van der Waals surface area contributed by atoms with Gasteiger partial charge in [-0.1, -0.05) is 30.3 Å². The zero-order valence-corrected chi connectivity index (χ0v) is 14.4. The Morgan fingerprint density at radius 1 is 1.16 bits per heavy atom. The maximum absolute atomic E-state index is 12.7. The van der Waals surface area contributed by atoms with Gasteiger partial charge in [0.25, 0.3) is 0 Å². The number of likely N-dealkylation sites (tertiary alicyclic amines) is 1. The summed E-state index contributed by atoms with van der Waals surface area (Å²) < 4.78 is 0. The molecule has 0 bridgehead atoms. The van der Waals surface area contributed by atoms with Gasteiger partial charge in [-0.2, -0.15) is 0 Å². The van der Waals surface area contributed by atoms with Crippen molar-refractivity contribution in [2.24, 2.45) is 0 Å². The molecule has 134 valence electrons. The summed E-state index contributed by atoms with van der Waals surface area (Å²) in [5, 5.41) is 2.50. The molecule has 0 aromatic heterocycles. The molecule has 6 heteroatoms. The van der Waals surface area contributed by atoms with E-state index in [4.69, 9.17) is 0 Å². The average Bonchev–Trinajstić information content (AvgIpc) is 2.95. The lowest BCUT2D eigenvalue weighted by Gasteiger charge is -2.36. The third-order valence-corrected chi connectivity index (χ3v) is 4.97. The Balaban J connectivity index is 1.52. The van der Waals surface area contributed by atoms with Crippen LogP contribution in [0, 0.1) is 0 Å². The normalized spacial score (nSPS) is 20.7. The van der Waals surface area contributed by atoms with Crippen molar-refractivity contribution in [2.75, 3.05) is 19.6 Å². The first-order chi connectivity index (χ1) is 12.1. The number of carbonyl (C=O) groups excluding carboxylic acids is 3. The number of piperidine rings is 1. The molecular weight excluding hydrogens is 318 g/mol. The number of benzene rings is 1. The van der Waals surface area contributed by atoms with E-state index in [9.17, 15) is 14.4 Å². The van der Waals surface area contributed by atoms with Gasteiger partial charge in [0.2, 0.25) is 11.8 Å². The summed E-state index contributed by atoms with van der Waals surface area (Å²) in [6.07, 6.45) is 5.02. The van der Waals surface area contributed by atoms with E-state index < -0.39 is 0 Å². The van der Waals surface area contributed by atoms with Crippen LogP contribution in [-0.4, -0.2) is 53.3 Å². The first-order valence-corrected chi connectivity index (χ1v) is 9.07. The highest BCUT2D eigenvalue weighted by molar-refractivity contribution is 6.01. The molecular formula is C19H25N3O3. The van der Waals surface area contributed by atoms with Crippen LogP contribution < -0.4 is 5.32 Å². The predicted octanol–water partition coefficient (Wildman–Crippen LogP) is 1.94. The van der Waals surface area contributed by atoms with E-state index in [2.05, 4.69) is 17.4 Å². The summed E-state index contributed by atoms with van der Waals surface area (Å²) in [4.78, 5) is 38.9. The van der Waals surface area contributed by atoms with Gasteiger partial charge in [-0.05, 0) is 37.7 Å². The van der Waals surface area contributed by atoms with Gasteiger partial charge in [0.05, 0.1) is 6.54 Å². The molecule has 0 aliphatic carbocycles. The molecule has 4 amide bonds. The number of hydrogen-bond donors (Lipinski definition) is 1. The number of amides is 4. The Morgan fingerprint density at radius 3 is 2.68 bits per heavy atom. The number of nitrogens with zero attached hydrogens (tertiary/aromatic N) is 2. The second-order valence-corrected chi connectivity index (χ2v) is 6.73. The summed E-state index contributed by atoms with van der Waals surface area (Å²) >= 11 is 0. The van der Waals surface area contributed by atoms with E-state index in [0.717, 1.165) is 32.2 Å². The minimum absolute atomic E-state index is 0.0675. The van der Waals surface area contributed by atoms with Crippen LogP contribution in [0.2, 0.25) is 0 Å². The van der Waals surface area contributed by atoms with Gasteiger partial charge >= 0.3 is 6.03 Å². The zero-order chi connectivity index (χ0) is 17.6. The minimum Gasteiger partial charge on any atom is -0.339 e. The molecule has 0 radical (unpaired) electrons. The summed E-state index contributed by atoms with van der Waals surface area (Å²) in [6.45, 7) is 1.19. The van der Waals surface area contributed by atoms with Crippen molar-refractivity contribution in [1.82, 2.24) is 15.1 Å². The number of urea groups is 1. The van der Waals surface area contributed by atoms with Gasteiger partial charge in [0.15, 0.2) is 0 Å². The van der Waals surface area contributed by atoms with Crippen LogP contribution in [0.15, 0.2) is 30.3 Å². The van der Waals surface area contributed by atoms with Crippen LogP contribution >= 0.6 is 0 Å². The lowest BCUT2D eigenvalue weighted by atomic mass is 9.95. The predicted molar refractivity (Wildman–Crippen MR) is 93.8 cm³/mol. The monoisotopic (exact) mass is 343 g/mol. The van der Waals surface area contributed by atoms with Crippen molar-refractivity contribution in [2.45, 2.75) is 44.6 Å². The number of imide groups is 1. The molecule has 2 saturated heterocycles. The molecule has 1 atom stereocenters. The second-order valence-electron chi connectivity index (χ2n) is 6.73. The highest BCUT2D eigenvalue weighted by Crippen LogP contribution is 2.22. The smallest absolute Gasteiger partial charge is 0.324 e. The molecule has 25 heavy (non-hydrogen) atoms. The van der Waals surface area contributed by atoms with Gasteiger partial charge in [0, 0.05) is 25.6 Å². The van der Waals surface area contributed by atoms with Gasteiger partial charge < -0.3 is 10.2 Å². The lowest BCUT2D eigenvalue weighted by molar-refractivity contribution is -0.135. The van der Waals surface area contributed by atoms with E-state index in [0.29, 0.717) is 19.4 Å². The first kappa shape index (κ1) is 17.5. The van der Waals surface area contributed by atoms with E-state index in [1.807, 2.05) is 23.1 Å². The van der Waals surface area contributed by atoms with Crippen LogP contribution in [0.5, 0.6) is 0 Å². The summed E-state index contributed by atoms with van der Waals surface area (Å²) in [6, 6.07) is 10.2. The second kappa shape index (κ2) is 8.14. The van der Waals surface area contributed by atoms with Crippen molar-refractivity contribution in [1.29, 1.82) is 0 Å². The largest absolute Gasteiger partial charge is 0.339 e. The molecule has 2 aliphatic rings. The molecule has 0 saturated carbocycles. The van der Waals surface area contributed by atoms with E-state index in [1.54, 1.807) is 0 Å². The van der Waals surface area contributed by atoms with Crippen molar-refractivity contribution in [3.63, 3.8) is 0 Å². The third-order valence-electron chi connectivity index (χ3n) is 4.97. The standard InChI is InChI=1S/C19H25N3O3/c23-17(10-6-12-22-18(24)14-20-19(22)25)21-11-5-4-9-16(21)13-15-7-2-1-3-8-15/h1-3,7-8,16H,4-6,9-14H2,(H,20,25). The highest BCUT2D eigenvalue weighted by atomic mass is 16.2. The molecule has 2 fully saturated rings. The maximum atomic E-state index is 12.7. The highest BCUT2D eigenvalue weighted by Gasteiger charge is 2.29. The Morgan fingerprint density at radius 2 is 1.96 bits per heavy atom. The van der Waals surface area contributed by atoms with Crippen LogP contribution in [-0.2, 0) is 16.0 Å². The molecule has 2 aliphatic heterocycles. The molecule has 1 unspecified atom stereocenters. The average molecular weight is 343 g/mol. The summed E-state index contributed by atoms with van der Waals surface area (Å²) in [7, 11) is 0. The van der Waals surface area contributed by atoms with Crippen molar-refractivity contribution in [3.05, 3.63) is 35.9 Å². The quantitative estimate of drug-likeness (QED) is 0.803. The summed E-state index contributed by atoms with van der Waals surface area (Å²) in [5.74, 6) is -0.0786. The van der Waals surface area contributed by atoms with Crippen LogP contribution in [0.3, 0.4) is 0 Å². The van der Waals surface area contributed by atoms with Crippen LogP contribution in [0.4, 0.5) is 4.79 Å². The number of hydrogen-bond acceptors (Lipinski definition) is 3. The Labute approximate surface area is 148 Å². The molecule has 1 aromatic carbocycles. The SMILES string of the molecule is O=C1CNC(=O)N1CCCC(=O)N1CCCCC1Cc1ccccc1. The van der Waals surface area contributed by atoms with Crippen molar-refractivity contribution < 1.29 is 14.4 Å². The topological polar surface area (TPSA) is 69.7 Å². The van der Waals surface area contributed by atoms with Crippen molar-refractivity contribution >= 4 is 17.8 Å². The van der Waals surface area contributed by atoms with Gasteiger partial charge in [-0.15, -0.1) is 0 Å².